The molecule has 0 saturated heterocycles. The molecular weight excluding hydrogens is 311 g/mol. The van der Waals surface area contributed by atoms with E-state index in [9.17, 15) is 14.0 Å². The molecular formula is C18H19FN2O3. The van der Waals surface area contributed by atoms with Crippen LogP contribution in [0.15, 0.2) is 48.5 Å². The first-order valence-corrected chi connectivity index (χ1v) is 7.62. The van der Waals surface area contributed by atoms with Crippen molar-refractivity contribution < 1.29 is 18.7 Å². The van der Waals surface area contributed by atoms with Crippen LogP contribution < -0.4 is 10.6 Å². The molecule has 0 aliphatic carbocycles. The Morgan fingerprint density at radius 1 is 1.08 bits per heavy atom. The van der Waals surface area contributed by atoms with Crippen LogP contribution in [0.4, 0.5) is 10.1 Å². The van der Waals surface area contributed by atoms with Gasteiger partial charge in [0.15, 0.2) is 0 Å². The lowest BCUT2D eigenvalue weighted by atomic mass is 10.2. The van der Waals surface area contributed by atoms with Crippen molar-refractivity contribution in [3.8, 4) is 0 Å². The lowest BCUT2D eigenvalue weighted by molar-refractivity contribution is -0.115. The fourth-order valence-electron chi connectivity index (χ4n) is 2.13. The summed E-state index contributed by atoms with van der Waals surface area (Å²) >= 11 is 0. The van der Waals surface area contributed by atoms with Gasteiger partial charge in [-0.2, -0.15) is 0 Å². The van der Waals surface area contributed by atoms with Crippen LogP contribution in [0.5, 0.6) is 0 Å². The largest absolute Gasteiger partial charge is 0.462 e. The van der Waals surface area contributed by atoms with Crippen LogP contribution in [0.3, 0.4) is 0 Å². The number of para-hydroxylation sites is 1. The van der Waals surface area contributed by atoms with Crippen molar-refractivity contribution in [1.82, 2.24) is 5.32 Å². The summed E-state index contributed by atoms with van der Waals surface area (Å²) in [5, 5.41) is 5.52. The molecule has 0 fully saturated rings. The summed E-state index contributed by atoms with van der Waals surface area (Å²) in [6, 6.07) is 13.0. The van der Waals surface area contributed by atoms with Gasteiger partial charge in [0.2, 0.25) is 5.91 Å². The van der Waals surface area contributed by atoms with Crippen molar-refractivity contribution in [3.05, 3.63) is 65.5 Å². The van der Waals surface area contributed by atoms with Gasteiger partial charge in [0.1, 0.15) is 5.82 Å². The Bertz CT molecular complexity index is 719. The smallest absolute Gasteiger partial charge is 0.340 e. The Kier molecular flexibility index (Phi) is 6.45. The highest BCUT2D eigenvalue weighted by atomic mass is 19.1. The van der Waals surface area contributed by atoms with E-state index >= 15 is 0 Å². The summed E-state index contributed by atoms with van der Waals surface area (Å²) in [6.07, 6.45) is 0. The molecule has 2 N–H and O–H groups in total. The third-order valence-electron chi connectivity index (χ3n) is 3.26. The summed E-state index contributed by atoms with van der Waals surface area (Å²) in [5.74, 6) is -1.14. The van der Waals surface area contributed by atoms with Gasteiger partial charge in [-0.05, 0) is 25.1 Å². The Hall–Kier alpha value is -2.73. The Morgan fingerprint density at radius 2 is 1.79 bits per heavy atom. The number of benzene rings is 2. The number of nitrogens with one attached hydrogen (secondary N) is 2. The minimum Gasteiger partial charge on any atom is -0.462 e. The highest BCUT2D eigenvalue weighted by molar-refractivity contribution is 6.01. The molecule has 0 bridgehead atoms. The molecule has 126 valence electrons. The predicted octanol–water partition coefficient (Wildman–Crippen LogP) is 2.73. The van der Waals surface area contributed by atoms with E-state index in [1.165, 1.54) is 6.07 Å². The molecule has 0 heterocycles. The number of carbonyl (C=O) groups is 2. The number of amides is 1. The number of anilines is 1. The summed E-state index contributed by atoms with van der Waals surface area (Å²) in [5.41, 5.74) is 1.16. The van der Waals surface area contributed by atoms with E-state index in [2.05, 4.69) is 10.6 Å². The minimum absolute atomic E-state index is 0.00844. The number of hydrogen-bond donors (Lipinski definition) is 2. The number of rotatable bonds is 7. The van der Waals surface area contributed by atoms with Crippen LogP contribution in [-0.2, 0) is 16.1 Å². The average Bonchev–Trinajstić information content (AvgIpc) is 2.57. The van der Waals surface area contributed by atoms with Crippen LogP contribution in [0.2, 0.25) is 0 Å². The second-order valence-electron chi connectivity index (χ2n) is 5.01. The third-order valence-corrected chi connectivity index (χ3v) is 3.26. The third kappa shape index (κ3) is 4.89. The Balaban J connectivity index is 1.91. The van der Waals surface area contributed by atoms with E-state index in [0.29, 0.717) is 16.8 Å². The number of carbonyl (C=O) groups excluding carboxylic acids is 2. The van der Waals surface area contributed by atoms with E-state index in [4.69, 9.17) is 4.74 Å². The zero-order valence-corrected chi connectivity index (χ0v) is 13.3. The van der Waals surface area contributed by atoms with Gasteiger partial charge in [-0.3, -0.25) is 4.79 Å². The fraction of sp³-hybridized carbons (Fsp3) is 0.222. The van der Waals surface area contributed by atoms with Gasteiger partial charge >= 0.3 is 5.97 Å². The van der Waals surface area contributed by atoms with Crippen molar-refractivity contribution in [2.24, 2.45) is 0 Å². The van der Waals surface area contributed by atoms with Crippen molar-refractivity contribution >= 4 is 17.6 Å². The minimum atomic E-state index is -0.493. The quantitative estimate of drug-likeness (QED) is 0.766. The molecule has 24 heavy (non-hydrogen) atoms. The molecule has 5 nitrogen and oxygen atoms in total. The van der Waals surface area contributed by atoms with Gasteiger partial charge < -0.3 is 15.4 Å². The molecule has 0 aromatic heterocycles. The summed E-state index contributed by atoms with van der Waals surface area (Å²) in [7, 11) is 0. The van der Waals surface area contributed by atoms with E-state index in [1.54, 1.807) is 49.4 Å². The maximum absolute atomic E-state index is 13.5. The molecule has 1 amide bonds. The molecule has 0 atom stereocenters. The van der Waals surface area contributed by atoms with Gasteiger partial charge in [0.25, 0.3) is 0 Å². The van der Waals surface area contributed by atoms with E-state index in [1.807, 2.05) is 0 Å². The van der Waals surface area contributed by atoms with Gasteiger partial charge in [-0.15, -0.1) is 0 Å². The standard InChI is InChI=1S/C18H19FN2O3/c1-2-24-18(23)14-8-4-6-10-16(14)21-17(22)12-20-11-13-7-3-5-9-15(13)19/h3-10,20H,2,11-12H2,1H3,(H,21,22). The van der Waals surface area contributed by atoms with Crippen molar-refractivity contribution in [1.29, 1.82) is 0 Å². The van der Waals surface area contributed by atoms with Crippen LogP contribution in [0.1, 0.15) is 22.8 Å². The first-order chi connectivity index (χ1) is 11.6. The van der Waals surface area contributed by atoms with Gasteiger partial charge in [-0.25, -0.2) is 9.18 Å². The Morgan fingerprint density at radius 3 is 2.54 bits per heavy atom. The predicted molar refractivity (Wildman–Crippen MR) is 89.1 cm³/mol. The number of esters is 1. The van der Waals surface area contributed by atoms with Gasteiger partial charge in [-0.1, -0.05) is 30.3 Å². The molecule has 6 heteroatoms. The maximum Gasteiger partial charge on any atom is 0.340 e. The molecule has 2 aromatic carbocycles. The molecule has 2 rings (SSSR count). The lowest BCUT2D eigenvalue weighted by Crippen LogP contribution is -2.28. The summed E-state index contributed by atoms with van der Waals surface area (Å²) in [6.45, 7) is 2.20. The highest BCUT2D eigenvalue weighted by Crippen LogP contribution is 2.16. The molecule has 2 aromatic rings. The zero-order chi connectivity index (χ0) is 17.4. The van der Waals surface area contributed by atoms with Crippen LogP contribution >= 0.6 is 0 Å². The lowest BCUT2D eigenvalue weighted by Gasteiger charge is -2.11. The Labute approximate surface area is 139 Å². The van der Waals surface area contributed by atoms with Crippen LogP contribution in [0.25, 0.3) is 0 Å². The molecule has 0 aliphatic rings. The SMILES string of the molecule is CCOC(=O)c1ccccc1NC(=O)CNCc1ccccc1F. The molecule has 0 radical (unpaired) electrons. The second kappa shape index (κ2) is 8.79. The van der Waals surface area contributed by atoms with Gasteiger partial charge in [0, 0.05) is 12.1 Å². The maximum atomic E-state index is 13.5. The van der Waals surface area contributed by atoms with Crippen molar-refractivity contribution in [3.63, 3.8) is 0 Å². The second-order valence-corrected chi connectivity index (χ2v) is 5.01. The molecule has 0 spiro atoms. The average molecular weight is 330 g/mol. The molecule has 0 unspecified atom stereocenters. The van der Waals surface area contributed by atoms with Crippen molar-refractivity contribution in [2.45, 2.75) is 13.5 Å². The number of halogens is 1. The van der Waals surface area contributed by atoms with Gasteiger partial charge in [0.05, 0.1) is 24.4 Å². The first-order valence-electron chi connectivity index (χ1n) is 7.62. The number of ether oxygens (including phenoxy) is 1. The molecule has 0 aliphatic heterocycles. The molecule has 0 saturated carbocycles. The highest BCUT2D eigenvalue weighted by Gasteiger charge is 2.13. The van der Waals surface area contributed by atoms with E-state index < -0.39 is 5.97 Å². The fourth-order valence-corrected chi connectivity index (χ4v) is 2.13. The summed E-state index contributed by atoms with van der Waals surface area (Å²) in [4.78, 5) is 23.9. The normalized spacial score (nSPS) is 10.2. The monoisotopic (exact) mass is 330 g/mol. The topological polar surface area (TPSA) is 67.4 Å². The van der Waals surface area contributed by atoms with Crippen LogP contribution in [0, 0.1) is 5.82 Å². The van der Waals surface area contributed by atoms with Crippen LogP contribution in [-0.4, -0.2) is 25.0 Å². The van der Waals surface area contributed by atoms with Crippen molar-refractivity contribution in [2.75, 3.05) is 18.5 Å². The van der Waals surface area contributed by atoms with E-state index in [0.717, 1.165) is 0 Å². The summed E-state index contributed by atoms with van der Waals surface area (Å²) < 4.78 is 18.4. The zero-order valence-electron chi connectivity index (χ0n) is 13.3. The number of hydrogen-bond acceptors (Lipinski definition) is 4. The van der Waals surface area contributed by atoms with E-state index in [-0.39, 0.29) is 31.4 Å². The first kappa shape index (κ1) is 17.6.